The molecule has 0 spiro atoms. The molecule has 1 aliphatic heterocycles. The Kier molecular flexibility index (Phi) is 4.40. The Balaban J connectivity index is 2.06. The SMILES string of the molecule is O=C1CCC(CNc2cnn(CC(F)(F)F)c(=O)c2Cl)N1. The number of anilines is 1. The van der Waals surface area contributed by atoms with Gasteiger partial charge in [0.15, 0.2) is 0 Å². The summed E-state index contributed by atoms with van der Waals surface area (Å²) in [6, 6.07) is -0.105. The van der Waals surface area contributed by atoms with Crippen molar-refractivity contribution in [3.63, 3.8) is 0 Å². The van der Waals surface area contributed by atoms with Gasteiger partial charge in [-0.3, -0.25) is 9.59 Å². The molecule has 1 aromatic heterocycles. The van der Waals surface area contributed by atoms with E-state index in [-0.39, 0.29) is 27.3 Å². The van der Waals surface area contributed by atoms with Crippen LogP contribution in [-0.4, -0.2) is 34.5 Å². The zero-order valence-corrected chi connectivity index (χ0v) is 11.5. The maximum atomic E-state index is 12.2. The van der Waals surface area contributed by atoms with E-state index in [1.54, 1.807) is 0 Å². The molecule has 1 saturated heterocycles. The van der Waals surface area contributed by atoms with Gasteiger partial charge in [0.25, 0.3) is 5.56 Å². The summed E-state index contributed by atoms with van der Waals surface area (Å²) in [5.41, 5.74) is -0.879. The molecule has 2 N–H and O–H groups in total. The number of alkyl halides is 3. The summed E-state index contributed by atoms with van der Waals surface area (Å²) in [7, 11) is 0. The van der Waals surface area contributed by atoms with Crippen LogP contribution in [0.5, 0.6) is 0 Å². The molecule has 2 heterocycles. The number of amides is 1. The van der Waals surface area contributed by atoms with Crippen LogP contribution in [0.4, 0.5) is 18.9 Å². The van der Waals surface area contributed by atoms with Crippen molar-refractivity contribution in [2.45, 2.75) is 31.6 Å². The predicted molar refractivity (Wildman–Crippen MR) is 69.2 cm³/mol. The zero-order chi connectivity index (χ0) is 15.6. The summed E-state index contributed by atoms with van der Waals surface area (Å²) < 4.78 is 37.0. The summed E-state index contributed by atoms with van der Waals surface area (Å²) in [4.78, 5) is 22.7. The number of nitrogens with zero attached hydrogens (tertiary/aromatic N) is 2. The van der Waals surface area contributed by atoms with Gasteiger partial charge in [-0.2, -0.15) is 18.3 Å². The second-order valence-corrected chi connectivity index (χ2v) is 5.01. The molecular formula is C11H12ClF3N4O2. The fourth-order valence-corrected chi connectivity index (χ4v) is 2.15. The summed E-state index contributed by atoms with van der Waals surface area (Å²) in [6.07, 6.45) is -2.43. The highest BCUT2D eigenvalue weighted by molar-refractivity contribution is 6.32. The smallest absolute Gasteiger partial charge is 0.380 e. The fourth-order valence-electron chi connectivity index (χ4n) is 1.93. The maximum Gasteiger partial charge on any atom is 0.408 e. The van der Waals surface area contributed by atoms with Crippen LogP contribution in [0.15, 0.2) is 11.0 Å². The number of halogens is 4. The molecule has 21 heavy (non-hydrogen) atoms. The number of aromatic nitrogens is 2. The fraction of sp³-hybridized carbons (Fsp3) is 0.545. The average molecular weight is 325 g/mol. The van der Waals surface area contributed by atoms with Crippen molar-refractivity contribution in [2.24, 2.45) is 0 Å². The molecule has 1 unspecified atom stereocenters. The van der Waals surface area contributed by atoms with Gasteiger partial charge < -0.3 is 10.6 Å². The summed E-state index contributed by atoms with van der Waals surface area (Å²) in [5.74, 6) is -0.0633. The van der Waals surface area contributed by atoms with Crippen molar-refractivity contribution >= 4 is 23.2 Å². The third-order valence-electron chi connectivity index (χ3n) is 2.94. The molecule has 1 atom stereocenters. The first-order chi connectivity index (χ1) is 9.76. The van der Waals surface area contributed by atoms with Gasteiger partial charge in [-0.15, -0.1) is 0 Å². The molecule has 0 aromatic carbocycles. The maximum absolute atomic E-state index is 12.2. The van der Waals surface area contributed by atoms with E-state index in [2.05, 4.69) is 15.7 Å². The first-order valence-corrected chi connectivity index (χ1v) is 6.49. The monoisotopic (exact) mass is 324 g/mol. The van der Waals surface area contributed by atoms with Gasteiger partial charge in [-0.05, 0) is 6.42 Å². The highest BCUT2D eigenvalue weighted by Gasteiger charge is 2.30. The number of nitrogens with one attached hydrogen (secondary N) is 2. The van der Waals surface area contributed by atoms with Crippen molar-refractivity contribution in [2.75, 3.05) is 11.9 Å². The molecule has 6 nitrogen and oxygen atoms in total. The highest BCUT2D eigenvalue weighted by atomic mass is 35.5. The molecule has 0 bridgehead atoms. The number of hydrogen-bond donors (Lipinski definition) is 2. The van der Waals surface area contributed by atoms with Gasteiger partial charge in [0.1, 0.15) is 11.6 Å². The molecule has 2 rings (SSSR count). The average Bonchev–Trinajstić information content (AvgIpc) is 2.79. The van der Waals surface area contributed by atoms with Crippen LogP contribution < -0.4 is 16.2 Å². The number of rotatable bonds is 4. The second kappa shape index (κ2) is 5.92. The molecule has 1 fully saturated rings. The summed E-state index contributed by atoms with van der Waals surface area (Å²) in [6.45, 7) is -1.18. The highest BCUT2D eigenvalue weighted by Crippen LogP contribution is 2.19. The van der Waals surface area contributed by atoms with Crippen molar-refractivity contribution in [3.05, 3.63) is 21.6 Å². The van der Waals surface area contributed by atoms with E-state index in [1.165, 1.54) is 0 Å². The van der Waals surface area contributed by atoms with Crippen LogP contribution in [0.25, 0.3) is 0 Å². The lowest BCUT2D eigenvalue weighted by molar-refractivity contribution is -0.143. The van der Waals surface area contributed by atoms with Crippen LogP contribution in [-0.2, 0) is 11.3 Å². The molecular weight excluding hydrogens is 313 g/mol. The van der Waals surface area contributed by atoms with Crippen molar-refractivity contribution < 1.29 is 18.0 Å². The third kappa shape index (κ3) is 4.10. The van der Waals surface area contributed by atoms with Gasteiger partial charge in [-0.25, -0.2) is 4.68 Å². The van der Waals surface area contributed by atoms with Crippen LogP contribution >= 0.6 is 11.6 Å². The molecule has 116 valence electrons. The normalized spacial score (nSPS) is 18.7. The third-order valence-corrected chi connectivity index (χ3v) is 3.30. The van der Waals surface area contributed by atoms with Crippen LogP contribution in [0.1, 0.15) is 12.8 Å². The molecule has 1 aliphatic rings. The van der Waals surface area contributed by atoms with Crippen molar-refractivity contribution in [3.8, 4) is 0 Å². The molecule has 0 radical (unpaired) electrons. The minimum Gasteiger partial charge on any atom is -0.380 e. The minimum atomic E-state index is -4.55. The van der Waals surface area contributed by atoms with Gasteiger partial charge >= 0.3 is 6.18 Å². The Morgan fingerprint density at radius 1 is 1.48 bits per heavy atom. The van der Waals surface area contributed by atoms with Crippen LogP contribution in [0.2, 0.25) is 5.02 Å². The molecule has 1 amide bonds. The lowest BCUT2D eigenvalue weighted by Gasteiger charge is -2.14. The summed E-state index contributed by atoms with van der Waals surface area (Å²) >= 11 is 5.75. The van der Waals surface area contributed by atoms with Crippen LogP contribution in [0.3, 0.4) is 0 Å². The topological polar surface area (TPSA) is 76.0 Å². The molecule has 0 aliphatic carbocycles. The van der Waals surface area contributed by atoms with E-state index in [0.717, 1.165) is 6.20 Å². The lowest BCUT2D eigenvalue weighted by atomic mass is 10.2. The second-order valence-electron chi connectivity index (χ2n) is 4.63. The quantitative estimate of drug-likeness (QED) is 0.871. The Morgan fingerprint density at radius 3 is 2.76 bits per heavy atom. The number of hydrogen-bond acceptors (Lipinski definition) is 4. The Hall–Kier alpha value is -1.77. The van der Waals surface area contributed by atoms with Crippen LogP contribution in [0, 0.1) is 0 Å². The zero-order valence-electron chi connectivity index (χ0n) is 10.7. The first kappa shape index (κ1) is 15.6. The minimum absolute atomic E-state index is 0.0633. The Bertz CT molecular complexity index is 602. The lowest BCUT2D eigenvalue weighted by Crippen LogP contribution is -2.33. The Labute approximate surface area is 122 Å². The molecule has 10 heteroatoms. The standard InChI is InChI=1S/C11H12ClF3N4O2/c12-9-7(16-3-6-1-2-8(20)18-6)4-17-19(10(9)21)5-11(13,14)15/h4,6,16H,1-3,5H2,(H,18,20). The van der Waals surface area contributed by atoms with Gasteiger partial charge in [0.2, 0.25) is 5.91 Å². The van der Waals surface area contributed by atoms with E-state index in [4.69, 9.17) is 11.6 Å². The van der Waals surface area contributed by atoms with Crippen molar-refractivity contribution in [1.29, 1.82) is 0 Å². The predicted octanol–water partition coefficient (Wildman–Crippen LogP) is 1.15. The number of carbonyl (C=O) groups is 1. The van der Waals surface area contributed by atoms with E-state index in [9.17, 15) is 22.8 Å². The Morgan fingerprint density at radius 2 is 2.19 bits per heavy atom. The van der Waals surface area contributed by atoms with E-state index >= 15 is 0 Å². The van der Waals surface area contributed by atoms with E-state index in [1.807, 2.05) is 0 Å². The van der Waals surface area contributed by atoms with E-state index in [0.29, 0.717) is 19.4 Å². The molecule has 1 aromatic rings. The van der Waals surface area contributed by atoms with Gasteiger partial charge in [0, 0.05) is 19.0 Å². The summed E-state index contributed by atoms with van der Waals surface area (Å²) in [5, 5.41) is 8.58. The number of carbonyl (C=O) groups excluding carboxylic acids is 1. The molecule has 0 saturated carbocycles. The van der Waals surface area contributed by atoms with E-state index < -0.39 is 18.3 Å². The van der Waals surface area contributed by atoms with Crippen molar-refractivity contribution in [1.82, 2.24) is 15.1 Å². The van der Waals surface area contributed by atoms with Gasteiger partial charge in [-0.1, -0.05) is 11.6 Å². The largest absolute Gasteiger partial charge is 0.408 e. The first-order valence-electron chi connectivity index (χ1n) is 6.12. The van der Waals surface area contributed by atoms with Gasteiger partial charge in [0.05, 0.1) is 11.9 Å².